The molecule has 0 fully saturated rings. The van der Waals surface area contributed by atoms with Crippen molar-refractivity contribution in [3.05, 3.63) is 35.2 Å². The summed E-state index contributed by atoms with van der Waals surface area (Å²) < 4.78 is 1.62. The Morgan fingerprint density at radius 3 is 2.40 bits per heavy atom. The monoisotopic (exact) mass is 437 g/mol. The number of carbonyl (C=O) groups is 2. The average Bonchev–Trinajstić information content (AvgIpc) is 2.81. The van der Waals surface area contributed by atoms with E-state index in [0.717, 1.165) is 13.1 Å². The zero-order valence-electron chi connectivity index (χ0n) is 10.4. The Hall–Kier alpha value is -0.700. The zero-order chi connectivity index (χ0) is 15.0. The molecule has 0 saturated carbocycles. The molecule has 2 aromatic heterocycles. The van der Waals surface area contributed by atoms with Crippen LogP contribution in [-0.4, -0.2) is 17.0 Å². The number of halogens is 2. The maximum absolute atomic E-state index is 12.1. The van der Waals surface area contributed by atoms with Crippen molar-refractivity contribution in [2.75, 3.05) is 5.32 Å². The van der Waals surface area contributed by atoms with Gasteiger partial charge in [-0.25, -0.2) is 4.79 Å². The Bertz CT molecular complexity index is 686. The summed E-state index contributed by atoms with van der Waals surface area (Å²) in [6, 6.07) is 1.69. The van der Waals surface area contributed by atoms with Crippen LogP contribution in [0.3, 0.4) is 0 Å². The van der Waals surface area contributed by atoms with Gasteiger partial charge in [-0.1, -0.05) is 0 Å². The van der Waals surface area contributed by atoms with Crippen LogP contribution in [0.1, 0.15) is 30.5 Å². The number of anilines is 1. The second kappa shape index (κ2) is 5.97. The molecule has 0 aliphatic heterocycles. The molecule has 0 bridgehead atoms. The van der Waals surface area contributed by atoms with Gasteiger partial charge in [0.1, 0.15) is 5.00 Å². The molecule has 2 heterocycles. The third-order valence-electron chi connectivity index (χ3n) is 2.70. The number of thiophene rings is 2. The van der Waals surface area contributed by atoms with Crippen molar-refractivity contribution < 1.29 is 14.7 Å². The van der Waals surface area contributed by atoms with Crippen molar-refractivity contribution >= 4 is 71.4 Å². The summed E-state index contributed by atoms with van der Waals surface area (Å²) in [6.07, 6.45) is 0. The number of carbonyl (C=O) groups excluding carboxylic acids is 1. The third-order valence-corrected chi connectivity index (χ3v) is 7.07. The Morgan fingerprint density at radius 1 is 1.25 bits per heavy atom. The highest BCUT2D eigenvalue weighted by Crippen LogP contribution is 2.35. The molecule has 0 aliphatic carbocycles. The average molecular weight is 439 g/mol. The molecule has 106 valence electrons. The molecule has 2 rings (SSSR count). The summed E-state index contributed by atoms with van der Waals surface area (Å²) in [5.41, 5.74) is 0.849. The Balaban J connectivity index is 2.33. The lowest BCUT2D eigenvalue weighted by Gasteiger charge is -2.02. The lowest BCUT2D eigenvalue weighted by Crippen LogP contribution is -2.12. The molecule has 0 aromatic carbocycles. The van der Waals surface area contributed by atoms with Crippen LogP contribution in [0, 0.1) is 13.8 Å². The molecule has 0 spiro atoms. The number of aromatic carboxylic acids is 1. The van der Waals surface area contributed by atoms with Gasteiger partial charge >= 0.3 is 5.97 Å². The van der Waals surface area contributed by atoms with Crippen LogP contribution in [0.5, 0.6) is 0 Å². The van der Waals surface area contributed by atoms with Crippen LogP contribution in [0.25, 0.3) is 0 Å². The lowest BCUT2D eigenvalue weighted by atomic mass is 10.1. The first kappa shape index (κ1) is 15.7. The summed E-state index contributed by atoms with van der Waals surface area (Å²) in [6.45, 7) is 3.57. The van der Waals surface area contributed by atoms with Crippen LogP contribution in [0.4, 0.5) is 5.00 Å². The number of aryl methyl sites for hydroxylation is 1. The zero-order valence-corrected chi connectivity index (χ0v) is 15.2. The van der Waals surface area contributed by atoms with E-state index in [1.54, 1.807) is 13.0 Å². The minimum Gasteiger partial charge on any atom is -0.478 e. The largest absolute Gasteiger partial charge is 0.478 e. The second-order valence-corrected chi connectivity index (χ2v) is 8.43. The molecule has 0 saturated heterocycles. The third kappa shape index (κ3) is 2.98. The topological polar surface area (TPSA) is 66.4 Å². The number of rotatable bonds is 3. The van der Waals surface area contributed by atoms with Crippen molar-refractivity contribution in [3.8, 4) is 0 Å². The van der Waals surface area contributed by atoms with Gasteiger partial charge in [0.15, 0.2) is 0 Å². The number of hydrogen-bond acceptors (Lipinski definition) is 4. The normalized spacial score (nSPS) is 10.6. The van der Waals surface area contributed by atoms with Gasteiger partial charge in [0.2, 0.25) is 0 Å². The van der Waals surface area contributed by atoms with Gasteiger partial charge in [0.05, 0.1) is 14.2 Å². The van der Waals surface area contributed by atoms with E-state index in [1.165, 1.54) is 22.7 Å². The number of amides is 1. The molecule has 1 amide bonds. The van der Waals surface area contributed by atoms with Crippen molar-refractivity contribution in [3.63, 3.8) is 0 Å². The maximum atomic E-state index is 12.1. The molecular weight excluding hydrogens is 430 g/mol. The van der Waals surface area contributed by atoms with E-state index in [2.05, 4.69) is 37.2 Å². The van der Waals surface area contributed by atoms with Crippen molar-refractivity contribution in [2.45, 2.75) is 13.8 Å². The molecule has 2 aromatic rings. The molecule has 0 unspecified atom stereocenters. The van der Waals surface area contributed by atoms with Crippen molar-refractivity contribution in [1.29, 1.82) is 0 Å². The van der Waals surface area contributed by atoms with Gasteiger partial charge in [-0.3, -0.25) is 4.79 Å². The van der Waals surface area contributed by atoms with E-state index < -0.39 is 5.97 Å². The van der Waals surface area contributed by atoms with E-state index in [1.807, 2.05) is 6.92 Å². The predicted octanol–water partition coefficient (Wildman–Crippen LogP) is 4.90. The van der Waals surface area contributed by atoms with E-state index >= 15 is 0 Å². The van der Waals surface area contributed by atoms with Crippen LogP contribution in [0.2, 0.25) is 0 Å². The summed E-state index contributed by atoms with van der Waals surface area (Å²) in [5.74, 6) is -1.35. The Labute approximate surface area is 140 Å². The van der Waals surface area contributed by atoms with Crippen molar-refractivity contribution in [2.24, 2.45) is 0 Å². The first-order valence-electron chi connectivity index (χ1n) is 5.40. The summed E-state index contributed by atoms with van der Waals surface area (Å²) in [7, 11) is 0. The Morgan fingerprint density at radius 2 is 1.90 bits per heavy atom. The molecular formula is C12H9Br2NO3S2. The smallest absolute Gasteiger partial charge is 0.338 e. The van der Waals surface area contributed by atoms with Gasteiger partial charge in [-0.2, -0.15) is 0 Å². The van der Waals surface area contributed by atoms with Crippen LogP contribution >= 0.6 is 54.5 Å². The lowest BCUT2D eigenvalue weighted by molar-refractivity contribution is 0.0697. The summed E-state index contributed by atoms with van der Waals surface area (Å²) in [4.78, 5) is 24.8. The predicted molar refractivity (Wildman–Crippen MR) is 88.4 cm³/mol. The van der Waals surface area contributed by atoms with E-state index in [0.29, 0.717) is 15.4 Å². The first-order chi connectivity index (χ1) is 9.31. The van der Waals surface area contributed by atoms with E-state index in [4.69, 9.17) is 0 Å². The van der Waals surface area contributed by atoms with E-state index in [9.17, 15) is 14.7 Å². The number of nitrogens with one attached hydrogen (secondary N) is 1. The van der Waals surface area contributed by atoms with Crippen LogP contribution < -0.4 is 5.32 Å². The number of hydrogen-bond donors (Lipinski definition) is 2. The molecule has 2 N–H and O–H groups in total. The van der Waals surface area contributed by atoms with Gasteiger partial charge in [-0.15, -0.1) is 22.7 Å². The molecule has 4 nitrogen and oxygen atoms in total. The van der Waals surface area contributed by atoms with E-state index in [-0.39, 0.29) is 11.5 Å². The number of carboxylic acid groups (broad SMARTS) is 1. The molecule has 0 aliphatic rings. The second-order valence-electron chi connectivity index (χ2n) is 3.98. The van der Waals surface area contributed by atoms with Gasteiger partial charge < -0.3 is 10.4 Å². The fourth-order valence-electron chi connectivity index (χ4n) is 1.60. The molecule has 0 atom stereocenters. The highest BCUT2D eigenvalue weighted by Gasteiger charge is 2.21. The van der Waals surface area contributed by atoms with Crippen LogP contribution in [-0.2, 0) is 0 Å². The number of carboxylic acids is 1. The summed E-state index contributed by atoms with van der Waals surface area (Å²) >= 11 is 9.19. The highest BCUT2D eigenvalue weighted by molar-refractivity contribution is 9.13. The van der Waals surface area contributed by atoms with Gasteiger partial charge in [0.25, 0.3) is 5.91 Å². The minimum atomic E-state index is -1.03. The van der Waals surface area contributed by atoms with Crippen LogP contribution in [0.15, 0.2) is 14.3 Å². The first-order valence-corrected chi connectivity index (χ1v) is 8.62. The maximum Gasteiger partial charge on any atom is 0.338 e. The fourth-order valence-corrected chi connectivity index (χ4v) is 4.57. The Kier molecular flexibility index (Phi) is 4.68. The van der Waals surface area contributed by atoms with Gasteiger partial charge in [0, 0.05) is 9.35 Å². The molecule has 8 heteroatoms. The van der Waals surface area contributed by atoms with Gasteiger partial charge in [-0.05, 0) is 57.3 Å². The standard InChI is InChI=1S/C12H9Br2NO3S2/c1-4-5(2)19-11(8(4)12(17)18)15-10(16)7-3-6(13)9(14)20-7/h3H,1-2H3,(H,15,16)(H,17,18). The summed E-state index contributed by atoms with van der Waals surface area (Å²) in [5, 5.41) is 12.3. The highest BCUT2D eigenvalue weighted by atomic mass is 79.9. The fraction of sp³-hybridized carbons (Fsp3) is 0.167. The quantitative estimate of drug-likeness (QED) is 0.715. The molecule has 20 heavy (non-hydrogen) atoms. The van der Waals surface area contributed by atoms with Crippen molar-refractivity contribution in [1.82, 2.24) is 0 Å². The minimum absolute atomic E-state index is 0.163. The SMILES string of the molecule is Cc1sc(NC(=O)c2cc(Br)c(Br)s2)c(C(=O)O)c1C. The molecule has 0 radical (unpaired) electrons.